The summed E-state index contributed by atoms with van der Waals surface area (Å²) >= 11 is 1.44. The quantitative estimate of drug-likeness (QED) is 0.606. The van der Waals surface area contributed by atoms with Crippen LogP contribution < -0.4 is 10.1 Å². The highest BCUT2D eigenvalue weighted by Gasteiger charge is 2.22. The number of nitrogens with zero attached hydrogens (tertiary/aromatic N) is 1. The van der Waals surface area contributed by atoms with Crippen molar-refractivity contribution < 1.29 is 19.4 Å². The number of carboxylic acids is 1. The molecule has 2 aromatic carbocycles. The zero-order valence-electron chi connectivity index (χ0n) is 15.3. The fourth-order valence-electron chi connectivity index (χ4n) is 2.69. The van der Waals surface area contributed by atoms with Gasteiger partial charge in [-0.15, -0.1) is 11.3 Å². The summed E-state index contributed by atoms with van der Waals surface area (Å²) in [6, 6.07) is 15.1. The van der Waals surface area contributed by atoms with Gasteiger partial charge in [-0.25, -0.2) is 9.78 Å². The molecule has 0 aliphatic heterocycles. The number of thiazole rings is 1. The second-order valence-electron chi connectivity index (χ2n) is 6.03. The van der Waals surface area contributed by atoms with Gasteiger partial charge in [0.2, 0.25) is 5.91 Å². The van der Waals surface area contributed by atoms with Gasteiger partial charge in [0, 0.05) is 10.9 Å². The van der Waals surface area contributed by atoms with E-state index in [0.717, 1.165) is 16.3 Å². The van der Waals surface area contributed by atoms with Crippen molar-refractivity contribution in [3.05, 3.63) is 71.2 Å². The zero-order chi connectivity index (χ0) is 19.9. The van der Waals surface area contributed by atoms with Crippen LogP contribution in [0.15, 0.2) is 60.0 Å². The molecular formula is C21H20N2O4S. The average Bonchev–Trinajstić information content (AvgIpc) is 3.16. The molecule has 0 saturated carbocycles. The van der Waals surface area contributed by atoms with Crippen molar-refractivity contribution in [1.82, 2.24) is 10.3 Å². The molecule has 1 amide bonds. The Kier molecular flexibility index (Phi) is 6.39. The third-order valence-electron chi connectivity index (χ3n) is 3.99. The lowest BCUT2D eigenvalue weighted by Gasteiger charge is -2.14. The van der Waals surface area contributed by atoms with E-state index in [9.17, 15) is 14.7 Å². The first kappa shape index (κ1) is 19.6. The molecule has 3 rings (SSSR count). The number of hydrogen-bond donors (Lipinski definition) is 2. The predicted octanol–water partition coefficient (Wildman–Crippen LogP) is 3.69. The van der Waals surface area contributed by atoms with Gasteiger partial charge in [-0.1, -0.05) is 30.3 Å². The minimum atomic E-state index is -1.10. The lowest BCUT2D eigenvalue weighted by atomic mass is 10.1. The van der Waals surface area contributed by atoms with Crippen LogP contribution in [-0.4, -0.2) is 28.6 Å². The predicted molar refractivity (Wildman–Crippen MR) is 107 cm³/mol. The minimum Gasteiger partial charge on any atom is -0.494 e. The van der Waals surface area contributed by atoms with Crippen molar-refractivity contribution in [2.24, 2.45) is 0 Å². The van der Waals surface area contributed by atoms with E-state index in [1.54, 1.807) is 30.3 Å². The van der Waals surface area contributed by atoms with Gasteiger partial charge in [-0.05, 0) is 36.8 Å². The molecule has 7 heteroatoms. The Morgan fingerprint density at radius 3 is 2.50 bits per heavy atom. The van der Waals surface area contributed by atoms with Crippen molar-refractivity contribution in [1.29, 1.82) is 0 Å². The van der Waals surface area contributed by atoms with Crippen molar-refractivity contribution in [3.63, 3.8) is 0 Å². The molecule has 0 unspecified atom stereocenters. The maximum Gasteiger partial charge on any atom is 0.330 e. The maximum atomic E-state index is 12.3. The summed E-state index contributed by atoms with van der Waals surface area (Å²) in [5.74, 6) is -0.698. The van der Waals surface area contributed by atoms with Crippen molar-refractivity contribution in [3.8, 4) is 16.3 Å². The Morgan fingerprint density at radius 2 is 1.86 bits per heavy atom. The van der Waals surface area contributed by atoms with Crippen molar-refractivity contribution >= 4 is 23.2 Å². The summed E-state index contributed by atoms with van der Waals surface area (Å²) in [6.07, 6.45) is 0.0180. The van der Waals surface area contributed by atoms with Crippen molar-refractivity contribution in [2.45, 2.75) is 19.4 Å². The molecule has 0 spiro atoms. The number of amides is 1. The molecule has 3 aromatic rings. The Bertz CT molecular complexity index is 939. The Balaban J connectivity index is 1.65. The monoisotopic (exact) mass is 396 g/mol. The smallest absolute Gasteiger partial charge is 0.330 e. The molecule has 0 saturated heterocycles. The van der Waals surface area contributed by atoms with Crippen LogP contribution in [-0.2, 0) is 16.0 Å². The molecule has 0 aliphatic carbocycles. The van der Waals surface area contributed by atoms with Crippen LogP contribution in [0.2, 0.25) is 0 Å². The van der Waals surface area contributed by atoms with Gasteiger partial charge in [0.15, 0.2) is 6.04 Å². The van der Waals surface area contributed by atoms with Crippen molar-refractivity contribution in [2.75, 3.05) is 6.61 Å². The fraction of sp³-hybridized carbons (Fsp3) is 0.190. The number of carboxylic acid groups (broad SMARTS) is 1. The Morgan fingerprint density at radius 1 is 1.14 bits per heavy atom. The maximum absolute atomic E-state index is 12.3. The van der Waals surface area contributed by atoms with Gasteiger partial charge in [-0.2, -0.15) is 0 Å². The molecule has 2 N–H and O–H groups in total. The second kappa shape index (κ2) is 9.14. The normalized spacial score (nSPS) is 11.6. The number of hydrogen-bond acceptors (Lipinski definition) is 5. The standard InChI is InChI=1S/C21H20N2O4S/c1-2-27-17-10-8-15(9-11-17)20-22-16(13-28-20)12-18(24)23-19(21(25)26)14-6-4-3-5-7-14/h3-11,13,19H,2,12H2,1H3,(H,23,24)(H,25,26)/t19-/m0/s1. The molecule has 0 aliphatic rings. The highest BCUT2D eigenvalue weighted by molar-refractivity contribution is 7.13. The van der Waals surface area contributed by atoms with Crippen LogP contribution in [0, 0.1) is 0 Å². The van der Waals surface area contributed by atoms with Crippen LogP contribution in [0.25, 0.3) is 10.6 Å². The summed E-state index contributed by atoms with van der Waals surface area (Å²) in [7, 11) is 0. The first-order valence-electron chi connectivity index (χ1n) is 8.81. The Labute approximate surface area is 166 Å². The minimum absolute atomic E-state index is 0.0180. The third kappa shape index (κ3) is 4.95. The van der Waals surface area contributed by atoms with E-state index in [-0.39, 0.29) is 12.3 Å². The number of carbonyl (C=O) groups is 2. The molecule has 0 radical (unpaired) electrons. The number of aliphatic carboxylic acids is 1. The van der Waals surface area contributed by atoms with E-state index in [2.05, 4.69) is 10.3 Å². The summed E-state index contributed by atoms with van der Waals surface area (Å²) in [5.41, 5.74) is 2.06. The van der Waals surface area contributed by atoms with E-state index in [4.69, 9.17) is 4.74 Å². The van der Waals surface area contributed by atoms with E-state index >= 15 is 0 Å². The first-order chi connectivity index (χ1) is 13.6. The summed E-state index contributed by atoms with van der Waals surface area (Å²) in [4.78, 5) is 28.3. The van der Waals surface area contributed by atoms with E-state index in [0.29, 0.717) is 17.9 Å². The number of carbonyl (C=O) groups excluding carboxylic acids is 1. The van der Waals surface area contributed by atoms with Crippen LogP contribution in [0.1, 0.15) is 24.2 Å². The fourth-order valence-corrected chi connectivity index (χ4v) is 3.52. The molecule has 1 atom stereocenters. The van der Waals surface area contributed by atoms with Crippen LogP contribution >= 0.6 is 11.3 Å². The van der Waals surface area contributed by atoms with E-state index in [1.165, 1.54) is 11.3 Å². The lowest BCUT2D eigenvalue weighted by molar-refractivity contribution is -0.142. The highest BCUT2D eigenvalue weighted by Crippen LogP contribution is 2.26. The number of nitrogens with one attached hydrogen (secondary N) is 1. The van der Waals surface area contributed by atoms with Crippen LogP contribution in [0.5, 0.6) is 5.75 Å². The van der Waals surface area contributed by atoms with Crippen LogP contribution in [0.4, 0.5) is 0 Å². The van der Waals surface area contributed by atoms with Gasteiger partial charge in [-0.3, -0.25) is 4.79 Å². The molecule has 1 aromatic heterocycles. The van der Waals surface area contributed by atoms with Gasteiger partial charge in [0.1, 0.15) is 10.8 Å². The van der Waals surface area contributed by atoms with Crippen LogP contribution in [0.3, 0.4) is 0 Å². The van der Waals surface area contributed by atoms with Gasteiger partial charge in [0.25, 0.3) is 0 Å². The van der Waals surface area contributed by atoms with Gasteiger partial charge in [0.05, 0.1) is 18.7 Å². The van der Waals surface area contributed by atoms with Gasteiger partial charge < -0.3 is 15.2 Å². The van der Waals surface area contributed by atoms with Gasteiger partial charge >= 0.3 is 5.97 Å². The van der Waals surface area contributed by atoms with E-state index < -0.39 is 12.0 Å². The topological polar surface area (TPSA) is 88.5 Å². The Hall–Kier alpha value is -3.19. The number of ether oxygens (including phenoxy) is 1. The number of benzene rings is 2. The van der Waals surface area contributed by atoms with E-state index in [1.807, 2.05) is 36.6 Å². The molecule has 6 nitrogen and oxygen atoms in total. The highest BCUT2D eigenvalue weighted by atomic mass is 32.1. The summed E-state index contributed by atoms with van der Waals surface area (Å²) < 4.78 is 5.43. The SMILES string of the molecule is CCOc1ccc(-c2nc(CC(=O)N[C@H](C(=O)O)c3ccccc3)cs2)cc1. The molecular weight excluding hydrogens is 376 g/mol. The molecule has 0 bridgehead atoms. The second-order valence-corrected chi connectivity index (χ2v) is 6.89. The average molecular weight is 396 g/mol. The number of rotatable bonds is 8. The molecule has 0 fully saturated rings. The first-order valence-corrected chi connectivity index (χ1v) is 9.69. The molecule has 144 valence electrons. The lowest BCUT2D eigenvalue weighted by Crippen LogP contribution is -2.34. The molecule has 1 heterocycles. The number of aromatic nitrogens is 1. The largest absolute Gasteiger partial charge is 0.494 e. The summed E-state index contributed by atoms with van der Waals surface area (Å²) in [6.45, 7) is 2.54. The molecule has 28 heavy (non-hydrogen) atoms. The third-order valence-corrected chi connectivity index (χ3v) is 4.93. The summed E-state index contributed by atoms with van der Waals surface area (Å²) in [5, 5.41) is 14.6. The zero-order valence-corrected chi connectivity index (χ0v) is 16.1.